The molecule has 22 nitrogen and oxygen atoms in total. The van der Waals surface area contributed by atoms with Gasteiger partial charge in [-0.05, 0) is 70.2 Å². The molecule has 0 radical (unpaired) electrons. The fourth-order valence-electron chi connectivity index (χ4n) is 9.35. The number of ether oxygens (including phenoxy) is 2. The van der Waals surface area contributed by atoms with Gasteiger partial charge in [-0.15, -0.1) is 0 Å². The summed E-state index contributed by atoms with van der Waals surface area (Å²) in [5.41, 5.74) is 8.83. The number of rotatable bonds is 32. The molecule has 0 aromatic heterocycles. The van der Waals surface area contributed by atoms with Crippen LogP contribution in [0.3, 0.4) is 0 Å². The number of thiol groups is 1. The second-order valence-corrected chi connectivity index (χ2v) is 24.6. The van der Waals surface area contributed by atoms with E-state index in [1.807, 2.05) is 84.9 Å². The SMILES string of the molecule is C.CC(C)(C)SSCC(NC(=O)OCC1c2ccccc2-c2ccccc21)C(=O)NCCCCCC(=O)NC(CC(=O)O)C(=O)O.O=C(O)CC(NC(=O)CCCCCNC(=O)C(CS)NC(=O)OCC1c2ccccc2-c2ccccc21)C(=O)O. The Kier molecular flexibility index (Phi) is 29.3. The molecule has 466 valence electrons. The molecule has 0 fully saturated rings. The van der Waals surface area contributed by atoms with Gasteiger partial charge >= 0.3 is 36.1 Å². The number of hydrogen-bond donors (Lipinski definition) is 11. The average molecular weight is 1250 g/mol. The lowest BCUT2D eigenvalue weighted by molar-refractivity contribution is -0.147. The summed E-state index contributed by atoms with van der Waals surface area (Å²) in [7, 11) is 3.10. The zero-order valence-corrected chi connectivity index (χ0v) is 50.0. The van der Waals surface area contributed by atoms with Crippen molar-refractivity contribution in [1.29, 1.82) is 0 Å². The summed E-state index contributed by atoms with van der Waals surface area (Å²) >= 11 is 4.17. The van der Waals surface area contributed by atoms with Gasteiger partial charge in [0.1, 0.15) is 37.4 Å². The molecule has 0 bridgehead atoms. The minimum Gasteiger partial charge on any atom is -0.481 e. The molecule has 10 N–H and O–H groups in total. The second kappa shape index (κ2) is 35.6. The summed E-state index contributed by atoms with van der Waals surface area (Å²) in [5, 5.41) is 50.8. The first kappa shape index (κ1) is 70.7. The highest BCUT2D eigenvalue weighted by Crippen LogP contribution is 2.46. The molecule has 0 saturated heterocycles. The maximum absolute atomic E-state index is 13.1. The third kappa shape index (κ3) is 22.9. The summed E-state index contributed by atoms with van der Waals surface area (Å²) in [6, 6.07) is 27.4. The van der Waals surface area contributed by atoms with Gasteiger partial charge in [0.05, 0.1) is 12.8 Å². The quantitative estimate of drug-likeness (QED) is 0.0125. The normalized spacial score (nSPS) is 13.3. The monoisotopic (exact) mass is 1250 g/mol. The van der Waals surface area contributed by atoms with Crippen molar-refractivity contribution in [1.82, 2.24) is 31.9 Å². The highest BCUT2D eigenvalue weighted by atomic mass is 33.1. The Morgan fingerprint density at radius 2 is 0.849 bits per heavy atom. The van der Waals surface area contributed by atoms with Crippen LogP contribution >= 0.6 is 34.2 Å². The fourth-order valence-corrected chi connectivity index (χ4v) is 12.1. The van der Waals surface area contributed by atoms with Crippen LogP contribution < -0.4 is 31.9 Å². The molecule has 0 heterocycles. The van der Waals surface area contributed by atoms with E-state index >= 15 is 0 Å². The van der Waals surface area contributed by atoms with Crippen molar-refractivity contribution in [3.8, 4) is 22.3 Å². The molecular formula is C61H78N6O16S3. The van der Waals surface area contributed by atoms with Gasteiger partial charge in [0.25, 0.3) is 0 Å². The summed E-state index contributed by atoms with van der Waals surface area (Å²) in [6.07, 6.45) is 0.350. The number of unbranched alkanes of at least 4 members (excludes halogenated alkanes) is 4. The van der Waals surface area contributed by atoms with Gasteiger partial charge in [0.2, 0.25) is 23.6 Å². The van der Waals surface area contributed by atoms with E-state index in [0.29, 0.717) is 57.4 Å². The van der Waals surface area contributed by atoms with Crippen molar-refractivity contribution in [2.24, 2.45) is 0 Å². The van der Waals surface area contributed by atoms with Gasteiger partial charge in [0.15, 0.2) is 0 Å². The van der Waals surface area contributed by atoms with E-state index in [0.717, 1.165) is 44.5 Å². The van der Waals surface area contributed by atoms with Crippen molar-refractivity contribution in [2.45, 2.75) is 133 Å². The molecule has 4 atom stereocenters. The van der Waals surface area contributed by atoms with Crippen molar-refractivity contribution in [3.05, 3.63) is 119 Å². The van der Waals surface area contributed by atoms with Crippen LogP contribution in [-0.2, 0) is 47.8 Å². The van der Waals surface area contributed by atoms with Crippen molar-refractivity contribution in [2.75, 3.05) is 37.8 Å². The van der Waals surface area contributed by atoms with Crippen LogP contribution in [0.15, 0.2) is 97.1 Å². The van der Waals surface area contributed by atoms with Crippen LogP contribution in [-0.4, -0.2) is 147 Å². The van der Waals surface area contributed by atoms with E-state index < -0.39 is 90.8 Å². The van der Waals surface area contributed by atoms with Crippen LogP contribution in [0.2, 0.25) is 0 Å². The predicted molar refractivity (Wildman–Crippen MR) is 331 cm³/mol. The largest absolute Gasteiger partial charge is 0.481 e. The molecule has 0 saturated carbocycles. The Bertz CT molecular complexity index is 2900. The molecular weight excluding hydrogens is 1170 g/mol. The molecule has 25 heteroatoms. The minimum atomic E-state index is -1.48. The zero-order chi connectivity index (χ0) is 62.1. The lowest BCUT2D eigenvalue weighted by Crippen LogP contribution is -2.48. The van der Waals surface area contributed by atoms with E-state index in [2.05, 4.69) is 77.4 Å². The number of carboxylic acid groups (broad SMARTS) is 4. The third-order valence-electron chi connectivity index (χ3n) is 13.4. The first-order valence-corrected chi connectivity index (χ1v) is 30.7. The lowest BCUT2D eigenvalue weighted by Gasteiger charge is -2.21. The van der Waals surface area contributed by atoms with Gasteiger partial charge in [-0.25, -0.2) is 19.2 Å². The number of amides is 6. The molecule has 0 spiro atoms. The lowest BCUT2D eigenvalue weighted by atomic mass is 9.98. The van der Waals surface area contributed by atoms with E-state index in [9.17, 15) is 47.9 Å². The van der Waals surface area contributed by atoms with Gasteiger partial charge in [-0.1, -0.05) is 160 Å². The Balaban J connectivity index is 0.000000367. The molecule has 0 aliphatic heterocycles. The number of carbonyl (C=O) groups excluding carboxylic acids is 6. The molecule has 2 aliphatic carbocycles. The maximum Gasteiger partial charge on any atom is 0.407 e. The topological polar surface area (TPSA) is 342 Å². The molecule has 6 amide bonds. The van der Waals surface area contributed by atoms with Crippen LogP contribution in [0, 0.1) is 0 Å². The number of alkyl carbamates (subject to hydrolysis) is 2. The van der Waals surface area contributed by atoms with Crippen LogP contribution in [0.1, 0.15) is 126 Å². The Hall–Kier alpha value is -7.77. The summed E-state index contributed by atoms with van der Waals surface area (Å²) in [5.74, 6) is -7.13. The number of aliphatic carboxylic acids is 4. The molecule has 4 unspecified atom stereocenters. The number of nitrogens with one attached hydrogen (secondary N) is 6. The predicted octanol–water partition coefficient (Wildman–Crippen LogP) is 7.97. The van der Waals surface area contributed by atoms with Crippen molar-refractivity contribution < 1.29 is 77.8 Å². The van der Waals surface area contributed by atoms with Gasteiger partial charge < -0.3 is 61.8 Å². The second-order valence-electron chi connectivity index (χ2n) is 21.0. The Labute approximate surface area is 513 Å². The van der Waals surface area contributed by atoms with Crippen LogP contribution in [0.25, 0.3) is 22.3 Å². The summed E-state index contributed by atoms with van der Waals surface area (Å²) in [4.78, 5) is 118. The number of benzene rings is 4. The van der Waals surface area contributed by atoms with E-state index in [4.69, 9.17) is 29.9 Å². The maximum atomic E-state index is 13.1. The molecule has 86 heavy (non-hydrogen) atoms. The highest BCUT2D eigenvalue weighted by molar-refractivity contribution is 8.77. The number of carboxylic acids is 4. The van der Waals surface area contributed by atoms with E-state index in [-0.39, 0.29) is 61.7 Å². The van der Waals surface area contributed by atoms with Crippen molar-refractivity contribution >= 4 is 93.9 Å². The van der Waals surface area contributed by atoms with E-state index in [1.54, 1.807) is 10.8 Å². The Morgan fingerprint density at radius 3 is 1.19 bits per heavy atom. The summed E-state index contributed by atoms with van der Waals surface area (Å²) < 4.78 is 11.1. The number of carbonyl (C=O) groups is 10. The average Bonchev–Trinajstić information content (AvgIpc) is 1.87. The number of fused-ring (bicyclic) bond motifs is 6. The third-order valence-corrected chi connectivity index (χ3v) is 17.1. The zero-order valence-electron chi connectivity index (χ0n) is 47.5. The first-order valence-electron chi connectivity index (χ1n) is 27.7. The molecule has 6 rings (SSSR count). The van der Waals surface area contributed by atoms with Crippen LogP contribution in [0.5, 0.6) is 0 Å². The molecule has 4 aromatic carbocycles. The molecule has 4 aromatic rings. The van der Waals surface area contributed by atoms with Crippen molar-refractivity contribution in [3.63, 3.8) is 0 Å². The minimum absolute atomic E-state index is 0. The van der Waals surface area contributed by atoms with Gasteiger partial charge in [-0.2, -0.15) is 12.6 Å². The Morgan fingerprint density at radius 1 is 0.500 bits per heavy atom. The first-order chi connectivity index (χ1) is 40.6. The van der Waals surface area contributed by atoms with Crippen LogP contribution in [0.4, 0.5) is 9.59 Å². The number of hydrogen-bond acceptors (Lipinski definition) is 15. The van der Waals surface area contributed by atoms with Gasteiger partial charge in [0, 0.05) is 54.0 Å². The summed E-state index contributed by atoms with van der Waals surface area (Å²) in [6.45, 7) is 7.06. The fraction of sp³-hybridized carbons (Fsp3) is 0.443. The highest BCUT2D eigenvalue weighted by Gasteiger charge is 2.32. The van der Waals surface area contributed by atoms with Gasteiger partial charge in [-0.3, -0.25) is 28.8 Å². The molecule has 2 aliphatic rings. The standard InChI is InChI=1S/C32H41N3O8S2.C28H33N3O8S.CH4/c1-32(2,3)45-44-19-26(29(39)33-16-10-4-5-15-27(36)34-25(30(40)41)17-28(37)38)35-31(42)43-18-24-22-13-8-6-11-20(22)21-12-7-9-14-23(21)24;32-24(30-22(27(36)37)14-25(33)34)12-2-1-7-13-29-26(35)23(16-40)31-28(38)39-15-21-19-10-5-3-8-17(19)18-9-4-6-11-20(18)21;/h6-9,11-14,24-26H,4-5,10,15-19H2,1-3H3,(H,33,39)(H,34,36)(H,35,42)(H,37,38)(H,40,41);3-6,8-11,21-23,40H,1-2,7,12-16H2,(H,29,35)(H,30,32)(H,31,38)(H,33,34)(H,36,37);1H4. The van der Waals surface area contributed by atoms with E-state index in [1.165, 1.54) is 10.8 Å². The smallest absolute Gasteiger partial charge is 0.407 e.